The Balaban J connectivity index is 1.22. The second-order valence-corrected chi connectivity index (χ2v) is 8.31. The topological polar surface area (TPSA) is 82.0 Å². The Morgan fingerprint density at radius 1 is 1.23 bits per heavy atom. The third-order valence-corrected chi connectivity index (χ3v) is 6.12. The molecule has 2 aliphatic heterocycles. The highest BCUT2D eigenvalue weighted by Gasteiger charge is 2.30. The highest BCUT2D eigenvalue weighted by Crippen LogP contribution is 2.34. The van der Waals surface area contributed by atoms with Gasteiger partial charge in [-0.15, -0.1) is 11.3 Å². The van der Waals surface area contributed by atoms with E-state index in [9.17, 15) is 9.18 Å². The summed E-state index contributed by atoms with van der Waals surface area (Å²) in [5.41, 5.74) is 3.06. The van der Waals surface area contributed by atoms with Gasteiger partial charge in [0, 0.05) is 23.3 Å². The molecule has 0 saturated heterocycles. The van der Waals surface area contributed by atoms with Gasteiger partial charge in [-0.1, -0.05) is 23.4 Å². The molecule has 9 heteroatoms. The average Bonchev–Trinajstić information content (AvgIpc) is 3.48. The van der Waals surface area contributed by atoms with Crippen molar-refractivity contribution in [2.24, 2.45) is 5.16 Å². The molecule has 5 rings (SSSR count). The van der Waals surface area contributed by atoms with E-state index in [0.717, 1.165) is 27.6 Å². The molecule has 1 atom stereocenters. The minimum Gasteiger partial charge on any atom is -0.454 e. The fourth-order valence-electron chi connectivity index (χ4n) is 3.42. The number of anilines is 1. The van der Waals surface area contributed by atoms with Crippen molar-refractivity contribution in [1.29, 1.82) is 0 Å². The van der Waals surface area contributed by atoms with E-state index < -0.39 is 6.10 Å². The Morgan fingerprint density at radius 3 is 2.97 bits per heavy atom. The summed E-state index contributed by atoms with van der Waals surface area (Å²) < 4.78 is 24.2. The number of fused-ring (bicyclic) bond motifs is 1. The molecule has 1 unspecified atom stereocenters. The molecule has 2 aliphatic rings. The Bertz CT molecular complexity index is 1190. The molecule has 158 valence electrons. The molecule has 0 aliphatic carbocycles. The Hall–Kier alpha value is -3.46. The predicted molar refractivity (Wildman–Crippen MR) is 113 cm³/mol. The van der Waals surface area contributed by atoms with Gasteiger partial charge in [0.05, 0.1) is 11.4 Å². The van der Waals surface area contributed by atoms with Crippen LogP contribution in [0, 0.1) is 12.7 Å². The second kappa shape index (κ2) is 7.99. The van der Waals surface area contributed by atoms with E-state index in [-0.39, 0.29) is 24.9 Å². The van der Waals surface area contributed by atoms with Crippen molar-refractivity contribution >= 4 is 28.1 Å². The lowest BCUT2D eigenvalue weighted by Crippen LogP contribution is -2.28. The maximum atomic E-state index is 13.4. The molecule has 31 heavy (non-hydrogen) atoms. The molecule has 1 aromatic heterocycles. The fourth-order valence-corrected chi connectivity index (χ4v) is 4.42. The minimum absolute atomic E-state index is 0.239. The largest absolute Gasteiger partial charge is 0.454 e. The zero-order valence-electron chi connectivity index (χ0n) is 16.6. The number of rotatable bonds is 5. The van der Waals surface area contributed by atoms with Crippen LogP contribution in [0.2, 0.25) is 0 Å². The molecule has 1 N–H and O–H groups in total. The number of ether oxygens (including phenoxy) is 2. The zero-order chi connectivity index (χ0) is 21.4. The van der Waals surface area contributed by atoms with Gasteiger partial charge in [0.25, 0.3) is 5.91 Å². The van der Waals surface area contributed by atoms with Crippen molar-refractivity contribution in [3.05, 3.63) is 70.0 Å². The molecular weight excluding hydrogens is 421 g/mol. The number of amides is 1. The van der Waals surface area contributed by atoms with Gasteiger partial charge >= 0.3 is 0 Å². The van der Waals surface area contributed by atoms with Crippen molar-refractivity contribution in [2.75, 3.05) is 12.1 Å². The van der Waals surface area contributed by atoms with Crippen LogP contribution >= 0.6 is 11.3 Å². The monoisotopic (exact) mass is 439 g/mol. The summed E-state index contributed by atoms with van der Waals surface area (Å²) in [6.07, 6.45) is 0.159. The Labute approximate surface area is 181 Å². The quantitative estimate of drug-likeness (QED) is 0.649. The van der Waals surface area contributed by atoms with Crippen LogP contribution in [0.4, 0.5) is 9.52 Å². The van der Waals surface area contributed by atoms with Crippen LogP contribution in [-0.4, -0.2) is 29.5 Å². The van der Waals surface area contributed by atoms with E-state index in [1.165, 1.54) is 23.5 Å². The van der Waals surface area contributed by atoms with Crippen LogP contribution in [0.15, 0.2) is 47.6 Å². The van der Waals surface area contributed by atoms with Gasteiger partial charge in [-0.3, -0.25) is 10.1 Å². The summed E-state index contributed by atoms with van der Waals surface area (Å²) in [5.74, 6) is 0.787. The van der Waals surface area contributed by atoms with E-state index in [0.29, 0.717) is 22.8 Å². The van der Waals surface area contributed by atoms with E-state index in [4.69, 9.17) is 14.3 Å². The summed E-state index contributed by atoms with van der Waals surface area (Å²) in [6, 6.07) is 11.9. The summed E-state index contributed by atoms with van der Waals surface area (Å²) >= 11 is 1.42. The van der Waals surface area contributed by atoms with Crippen LogP contribution in [0.25, 0.3) is 0 Å². The molecular formula is C22H18FN3O4S. The van der Waals surface area contributed by atoms with Crippen molar-refractivity contribution in [3.8, 4) is 11.5 Å². The molecule has 3 heterocycles. The second-order valence-electron chi connectivity index (χ2n) is 7.23. The first-order chi connectivity index (χ1) is 15.0. The van der Waals surface area contributed by atoms with Crippen LogP contribution in [0.3, 0.4) is 0 Å². The number of aryl methyl sites for hydroxylation is 1. The van der Waals surface area contributed by atoms with Gasteiger partial charge in [-0.25, -0.2) is 9.37 Å². The molecule has 2 aromatic carbocycles. The van der Waals surface area contributed by atoms with E-state index >= 15 is 0 Å². The summed E-state index contributed by atoms with van der Waals surface area (Å²) in [4.78, 5) is 23.4. The van der Waals surface area contributed by atoms with Crippen LogP contribution < -0.4 is 14.8 Å². The van der Waals surface area contributed by atoms with Gasteiger partial charge in [0.1, 0.15) is 5.82 Å². The number of aromatic nitrogens is 1. The first-order valence-electron chi connectivity index (χ1n) is 9.69. The van der Waals surface area contributed by atoms with Crippen molar-refractivity contribution in [3.63, 3.8) is 0 Å². The van der Waals surface area contributed by atoms with E-state index in [1.807, 2.05) is 25.1 Å². The lowest BCUT2D eigenvalue weighted by atomic mass is 10.0. The number of carbonyl (C=O) groups is 1. The van der Waals surface area contributed by atoms with Crippen LogP contribution in [0.5, 0.6) is 11.5 Å². The number of nitrogens with zero attached hydrogens (tertiary/aromatic N) is 2. The standard InChI is InChI=1S/C22H18FN3O4S/c1-12-20(8-13-5-6-17-18(7-13)29-11-28-17)31-22(24-12)25-21(27)19-10-16(26-30-19)14-3-2-4-15(23)9-14/h2-7,9,19H,8,10-11H2,1H3,(H,24,25,27). The third kappa shape index (κ3) is 4.09. The van der Waals surface area contributed by atoms with Crippen LogP contribution in [0.1, 0.15) is 28.1 Å². The Kier molecular flexibility index (Phi) is 5.03. The van der Waals surface area contributed by atoms with E-state index in [2.05, 4.69) is 15.5 Å². The van der Waals surface area contributed by atoms with Crippen molar-refractivity contribution in [2.45, 2.75) is 25.9 Å². The van der Waals surface area contributed by atoms with Gasteiger partial charge in [0.15, 0.2) is 16.6 Å². The molecule has 0 bridgehead atoms. The maximum absolute atomic E-state index is 13.4. The molecule has 7 nitrogen and oxygen atoms in total. The number of oxime groups is 1. The van der Waals surface area contributed by atoms with Gasteiger partial charge in [-0.2, -0.15) is 0 Å². The summed E-state index contributed by atoms with van der Waals surface area (Å²) in [7, 11) is 0. The number of nitrogens with one attached hydrogen (secondary N) is 1. The average molecular weight is 439 g/mol. The highest BCUT2D eigenvalue weighted by molar-refractivity contribution is 7.15. The predicted octanol–water partition coefficient (Wildman–Crippen LogP) is 4.04. The molecule has 1 amide bonds. The highest BCUT2D eigenvalue weighted by atomic mass is 32.1. The number of benzene rings is 2. The third-order valence-electron chi connectivity index (χ3n) is 5.04. The van der Waals surface area contributed by atoms with E-state index in [1.54, 1.807) is 12.1 Å². The minimum atomic E-state index is -0.778. The van der Waals surface area contributed by atoms with Crippen LogP contribution in [-0.2, 0) is 16.1 Å². The zero-order valence-corrected chi connectivity index (χ0v) is 17.4. The number of carbonyl (C=O) groups excluding carboxylic acids is 1. The van der Waals surface area contributed by atoms with Crippen molar-refractivity contribution in [1.82, 2.24) is 4.98 Å². The maximum Gasteiger partial charge on any atom is 0.270 e. The Morgan fingerprint density at radius 2 is 2.10 bits per heavy atom. The smallest absolute Gasteiger partial charge is 0.270 e. The fraction of sp³-hybridized carbons (Fsp3) is 0.227. The number of halogens is 1. The molecule has 0 saturated carbocycles. The van der Waals surface area contributed by atoms with Crippen molar-refractivity contribution < 1.29 is 23.5 Å². The molecule has 3 aromatic rings. The SMILES string of the molecule is Cc1nc(NC(=O)C2CC(c3cccc(F)c3)=NO2)sc1Cc1ccc2c(c1)OCO2. The molecule has 0 spiro atoms. The number of hydrogen-bond donors (Lipinski definition) is 1. The lowest BCUT2D eigenvalue weighted by Gasteiger charge is -2.07. The lowest BCUT2D eigenvalue weighted by molar-refractivity contribution is -0.125. The first-order valence-corrected chi connectivity index (χ1v) is 10.5. The normalized spacial score (nSPS) is 16.7. The van der Waals surface area contributed by atoms with Gasteiger partial charge in [-0.05, 0) is 36.8 Å². The molecule has 0 fully saturated rings. The summed E-state index contributed by atoms with van der Waals surface area (Å²) in [5, 5.41) is 7.26. The summed E-state index contributed by atoms with van der Waals surface area (Å²) in [6.45, 7) is 2.15. The first kappa shape index (κ1) is 19.5. The number of thiazole rings is 1. The molecule has 0 radical (unpaired) electrons. The van der Waals surface area contributed by atoms with Gasteiger partial charge < -0.3 is 14.3 Å². The number of hydrogen-bond acceptors (Lipinski definition) is 7. The van der Waals surface area contributed by atoms with Gasteiger partial charge in [0.2, 0.25) is 12.9 Å².